The summed E-state index contributed by atoms with van der Waals surface area (Å²) in [7, 11) is 0. The molecule has 0 fully saturated rings. The van der Waals surface area contributed by atoms with Crippen molar-refractivity contribution >= 4 is 34.9 Å². The molecule has 0 aliphatic heterocycles. The molecule has 0 saturated carbocycles. The van der Waals surface area contributed by atoms with Crippen LogP contribution < -0.4 is 0 Å². The van der Waals surface area contributed by atoms with Crippen LogP contribution in [0.15, 0.2) is 65.1 Å². The van der Waals surface area contributed by atoms with E-state index >= 15 is 0 Å². The highest BCUT2D eigenvalue weighted by molar-refractivity contribution is 6.42. The lowest BCUT2D eigenvalue weighted by atomic mass is 10.1. The Morgan fingerprint density at radius 3 is 2.43 bits per heavy atom. The van der Waals surface area contributed by atoms with Gasteiger partial charge in [-0.1, -0.05) is 53.5 Å². The molecule has 0 bridgehead atoms. The highest BCUT2D eigenvalue weighted by atomic mass is 35.5. The second-order valence-corrected chi connectivity index (χ2v) is 5.68. The molecule has 3 aromatic rings. The summed E-state index contributed by atoms with van der Waals surface area (Å²) in [5.41, 5.74) is 2.22. The van der Waals surface area contributed by atoms with Gasteiger partial charge in [-0.15, -0.1) is 0 Å². The van der Waals surface area contributed by atoms with Gasteiger partial charge >= 0.3 is 0 Å². The Kier molecular flexibility index (Phi) is 4.52. The molecule has 1 heterocycles. The number of benzene rings is 2. The van der Waals surface area contributed by atoms with Crippen molar-refractivity contribution in [1.82, 2.24) is 0 Å². The zero-order chi connectivity index (χ0) is 16.2. The summed E-state index contributed by atoms with van der Waals surface area (Å²) >= 11 is 11.9. The number of hydrogen-bond acceptors (Lipinski definition) is 2. The number of hydrogen-bond donors (Lipinski definition) is 0. The van der Waals surface area contributed by atoms with Crippen molar-refractivity contribution in [1.29, 1.82) is 5.26 Å². The van der Waals surface area contributed by atoms with Gasteiger partial charge in [-0.2, -0.15) is 5.26 Å². The van der Waals surface area contributed by atoms with Gasteiger partial charge in [0, 0.05) is 5.56 Å². The van der Waals surface area contributed by atoms with Crippen LogP contribution in [0, 0.1) is 11.3 Å². The molecule has 0 amide bonds. The number of furan rings is 1. The minimum atomic E-state index is 0.472. The Hall–Kier alpha value is -2.47. The van der Waals surface area contributed by atoms with Crippen LogP contribution in [0.25, 0.3) is 23.0 Å². The van der Waals surface area contributed by atoms with Crippen LogP contribution in [-0.2, 0) is 0 Å². The molecule has 0 spiro atoms. The third-order valence-electron chi connectivity index (χ3n) is 3.32. The van der Waals surface area contributed by atoms with E-state index in [4.69, 9.17) is 27.6 Å². The average molecular weight is 340 g/mol. The topological polar surface area (TPSA) is 36.9 Å². The van der Waals surface area contributed by atoms with E-state index in [2.05, 4.69) is 6.07 Å². The van der Waals surface area contributed by atoms with E-state index in [1.165, 1.54) is 0 Å². The summed E-state index contributed by atoms with van der Waals surface area (Å²) in [5.74, 6) is 1.27. The van der Waals surface area contributed by atoms with Crippen molar-refractivity contribution in [3.63, 3.8) is 0 Å². The SMILES string of the molecule is N#CC(=Cc1ccc(-c2ccc(Cl)c(Cl)c2)o1)c1ccccc1. The van der Waals surface area contributed by atoms with Gasteiger partial charge in [0.2, 0.25) is 0 Å². The number of allylic oxidation sites excluding steroid dienone is 1. The van der Waals surface area contributed by atoms with Crippen LogP contribution in [0.2, 0.25) is 10.0 Å². The largest absolute Gasteiger partial charge is 0.457 e. The highest BCUT2D eigenvalue weighted by Crippen LogP contribution is 2.30. The molecule has 4 heteroatoms. The van der Waals surface area contributed by atoms with E-state index in [9.17, 15) is 5.26 Å². The first-order valence-corrected chi connectivity index (χ1v) is 7.65. The fourth-order valence-electron chi connectivity index (χ4n) is 2.18. The summed E-state index contributed by atoms with van der Waals surface area (Å²) in [6.45, 7) is 0. The summed E-state index contributed by atoms with van der Waals surface area (Å²) in [4.78, 5) is 0. The molecule has 2 nitrogen and oxygen atoms in total. The monoisotopic (exact) mass is 339 g/mol. The molecular weight excluding hydrogens is 329 g/mol. The number of rotatable bonds is 3. The molecule has 3 rings (SSSR count). The second kappa shape index (κ2) is 6.75. The third-order valence-corrected chi connectivity index (χ3v) is 4.06. The van der Waals surface area contributed by atoms with Gasteiger partial charge < -0.3 is 4.42 Å². The van der Waals surface area contributed by atoms with Crippen LogP contribution in [0.5, 0.6) is 0 Å². The van der Waals surface area contributed by atoms with E-state index in [-0.39, 0.29) is 0 Å². The number of halogens is 2. The summed E-state index contributed by atoms with van der Waals surface area (Å²) in [6.07, 6.45) is 1.72. The Morgan fingerprint density at radius 1 is 0.957 bits per heavy atom. The van der Waals surface area contributed by atoms with Crippen molar-refractivity contribution in [3.8, 4) is 17.4 Å². The predicted octanol–water partition coefficient (Wildman–Crippen LogP) is 6.32. The summed E-state index contributed by atoms with van der Waals surface area (Å²) in [5, 5.41) is 10.3. The van der Waals surface area contributed by atoms with Gasteiger partial charge in [0.05, 0.1) is 21.7 Å². The summed E-state index contributed by atoms with van der Waals surface area (Å²) < 4.78 is 5.79. The lowest BCUT2D eigenvalue weighted by Crippen LogP contribution is -1.79. The van der Waals surface area contributed by atoms with Gasteiger partial charge in [-0.25, -0.2) is 0 Å². The molecule has 0 aliphatic carbocycles. The van der Waals surface area contributed by atoms with Crippen molar-refractivity contribution in [3.05, 3.63) is 82.0 Å². The third kappa shape index (κ3) is 3.48. The highest BCUT2D eigenvalue weighted by Gasteiger charge is 2.07. The molecule has 23 heavy (non-hydrogen) atoms. The smallest absolute Gasteiger partial charge is 0.134 e. The van der Waals surface area contributed by atoms with Crippen molar-refractivity contribution in [2.24, 2.45) is 0 Å². The lowest BCUT2D eigenvalue weighted by molar-refractivity contribution is 0.572. The molecule has 0 radical (unpaired) electrons. The van der Waals surface area contributed by atoms with Gasteiger partial charge in [-0.05, 0) is 42.0 Å². The summed E-state index contributed by atoms with van der Waals surface area (Å²) in [6, 6.07) is 20.6. The maximum absolute atomic E-state index is 9.34. The van der Waals surface area contributed by atoms with E-state index in [1.807, 2.05) is 48.5 Å². The van der Waals surface area contributed by atoms with E-state index in [1.54, 1.807) is 18.2 Å². The molecule has 0 unspecified atom stereocenters. The maximum Gasteiger partial charge on any atom is 0.134 e. The van der Waals surface area contributed by atoms with Crippen molar-refractivity contribution in [2.45, 2.75) is 0 Å². The van der Waals surface area contributed by atoms with Crippen LogP contribution in [-0.4, -0.2) is 0 Å². The molecule has 0 aliphatic rings. The minimum Gasteiger partial charge on any atom is -0.457 e. The quantitative estimate of drug-likeness (QED) is 0.523. The normalized spacial score (nSPS) is 11.3. The molecule has 2 aromatic carbocycles. The second-order valence-electron chi connectivity index (χ2n) is 4.87. The average Bonchev–Trinajstić information content (AvgIpc) is 3.04. The molecule has 0 N–H and O–H groups in total. The Bertz CT molecular complexity index is 905. The van der Waals surface area contributed by atoms with E-state index in [0.29, 0.717) is 27.1 Å². The molecular formula is C19H11Cl2NO. The van der Waals surface area contributed by atoms with Crippen LogP contribution >= 0.6 is 23.2 Å². The first kappa shape index (κ1) is 15.4. The standard InChI is InChI=1S/C19H11Cl2NO/c20-17-8-6-14(11-18(17)21)19-9-7-16(23-19)10-15(12-22)13-4-2-1-3-5-13/h1-11H. The van der Waals surface area contributed by atoms with Crippen molar-refractivity contribution < 1.29 is 4.42 Å². The lowest BCUT2D eigenvalue weighted by Gasteiger charge is -2.00. The van der Waals surface area contributed by atoms with E-state index in [0.717, 1.165) is 11.1 Å². The number of nitriles is 1. The Morgan fingerprint density at radius 2 is 1.74 bits per heavy atom. The fraction of sp³-hybridized carbons (Fsp3) is 0. The van der Waals surface area contributed by atoms with E-state index < -0.39 is 0 Å². The first-order valence-electron chi connectivity index (χ1n) is 6.90. The van der Waals surface area contributed by atoms with Crippen LogP contribution in [0.4, 0.5) is 0 Å². The van der Waals surface area contributed by atoms with Crippen molar-refractivity contribution in [2.75, 3.05) is 0 Å². The fourth-order valence-corrected chi connectivity index (χ4v) is 2.47. The zero-order valence-electron chi connectivity index (χ0n) is 12.0. The maximum atomic E-state index is 9.34. The molecule has 0 saturated heterocycles. The van der Waals surface area contributed by atoms with Gasteiger partial charge in [0.1, 0.15) is 11.5 Å². The molecule has 112 valence electrons. The van der Waals surface area contributed by atoms with Gasteiger partial charge in [0.15, 0.2) is 0 Å². The van der Waals surface area contributed by atoms with Gasteiger partial charge in [-0.3, -0.25) is 0 Å². The van der Waals surface area contributed by atoms with Crippen LogP contribution in [0.1, 0.15) is 11.3 Å². The predicted molar refractivity (Wildman–Crippen MR) is 94.1 cm³/mol. The Balaban J connectivity index is 1.94. The zero-order valence-corrected chi connectivity index (χ0v) is 13.5. The number of nitrogens with zero attached hydrogens (tertiary/aromatic N) is 1. The van der Waals surface area contributed by atoms with Crippen LogP contribution in [0.3, 0.4) is 0 Å². The Labute approximate surface area is 144 Å². The molecule has 0 atom stereocenters. The minimum absolute atomic E-state index is 0.472. The molecule has 1 aromatic heterocycles. The first-order chi connectivity index (χ1) is 11.2. The van der Waals surface area contributed by atoms with Gasteiger partial charge in [0.25, 0.3) is 0 Å².